The van der Waals surface area contributed by atoms with Gasteiger partial charge in [0.15, 0.2) is 0 Å². The van der Waals surface area contributed by atoms with Crippen molar-refractivity contribution >= 4 is 24.0 Å². The van der Waals surface area contributed by atoms with Crippen LogP contribution in [-0.4, -0.2) is 42.4 Å². The van der Waals surface area contributed by atoms with E-state index in [1.54, 1.807) is 0 Å². The van der Waals surface area contributed by atoms with Gasteiger partial charge >= 0.3 is 23.1 Å². The molecule has 3 atom stereocenters. The van der Waals surface area contributed by atoms with Gasteiger partial charge in [0, 0.05) is 5.92 Å². The van der Waals surface area contributed by atoms with Gasteiger partial charge in [-0.3, -0.25) is 9.59 Å². The Morgan fingerprint density at radius 3 is 1.79 bits per heavy atom. The number of carbonyl (C=O) groups is 2. The van der Waals surface area contributed by atoms with Gasteiger partial charge in [-0.15, -0.1) is 0 Å². The van der Waals surface area contributed by atoms with Gasteiger partial charge in [-0.25, -0.2) is 0 Å². The molecule has 0 bridgehead atoms. The van der Waals surface area contributed by atoms with Crippen LogP contribution in [0, 0.1) is 17.8 Å². The summed E-state index contributed by atoms with van der Waals surface area (Å²) in [6.45, 7) is 0. The van der Waals surface area contributed by atoms with E-state index in [4.69, 9.17) is 9.47 Å². The Kier molecular flexibility index (Phi) is 9.34. The highest BCUT2D eigenvalue weighted by atomic mass is 32.2. The molecule has 33 heavy (non-hydrogen) atoms. The summed E-state index contributed by atoms with van der Waals surface area (Å²) >= 11 is -0.630. The summed E-state index contributed by atoms with van der Waals surface area (Å²) in [5, 5.41) is -4.56. The van der Waals surface area contributed by atoms with E-state index in [0.29, 0.717) is 12.8 Å². The van der Waals surface area contributed by atoms with E-state index in [2.05, 4.69) is 4.18 Å². The van der Waals surface area contributed by atoms with Gasteiger partial charge in [-0.1, -0.05) is 12.8 Å². The predicted molar refractivity (Wildman–Crippen MR) is 115 cm³/mol. The van der Waals surface area contributed by atoms with E-state index >= 15 is 8.78 Å². The Balaban J connectivity index is 1.75. The Labute approximate surface area is 196 Å². The third kappa shape index (κ3) is 6.55. The Hall–Kier alpha value is -1.03. The minimum Gasteiger partial charge on any atom is -0.462 e. The first kappa shape index (κ1) is 26.6. The van der Waals surface area contributed by atoms with Crippen molar-refractivity contribution in [3.8, 4) is 0 Å². The van der Waals surface area contributed by atoms with Crippen molar-refractivity contribution in [2.45, 2.75) is 107 Å². The number of ether oxygens (including phenoxy) is 2. The highest BCUT2D eigenvalue weighted by Crippen LogP contribution is 2.54. The molecule has 0 aromatic rings. The Bertz CT molecular complexity index is 665. The second-order valence-corrected chi connectivity index (χ2v) is 10.5. The zero-order valence-electron chi connectivity index (χ0n) is 19.0. The molecule has 0 aliphatic heterocycles. The molecule has 3 unspecified atom stereocenters. The number of alkyl halides is 4. The monoisotopic (exact) mass is 498 g/mol. The number of hydrogen-bond acceptors (Lipinski definition) is 6. The lowest BCUT2D eigenvalue weighted by Crippen LogP contribution is -2.52. The molecular weight excluding hydrogens is 464 g/mol. The topological polar surface area (TPSA) is 61.8 Å². The maximum absolute atomic E-state index is 15.1. The van der Waals surface area contributed by atoms with Crippen LogP contribution in [0.2, 0.25) is 0 Å². The maximum Gasteiger partial charge on any atom is 0.380 e. The fourth-order valence-corrected chi connectivity index (χ4v) is 5.79. The van der Waals surface area contributed by atoms with Crippen LogP contribution < -0.4 is 0 Å². The molecule has 0 saturated heterocycles. The van der Waals surface area contributed by atoms with Gasteiger partial charge in [0.1, 0.15) is 12.2 Å². The molecule has 3 rings (SSSR count). The van der Waals surface area contributed by atoms with Crippen LogP contribution in [0.15, 0.2) is 0 Å². The van der Waals surface area contributed by atoms with Gasteiger partial charge in [0.2, 0.25) is 0 Å². The van der Waals surface area contributed by atoms with Crippen molar-refractivity contribution in [2.75, 3.05) is 7.11 Å². The number of halogens is 4. The largest absolute Gasteiger partial charge is 0.462 e. The molecule has 3 saturated carbocycles. The summed E-state index contributed by atoms with van der Waals surface area (Å²) in [6.07, 6.45) is 7.24. The summed E-state index contributed by atoms with van der Waals surface area (Å²) in [4.78, 5) is 25.6. The minimum atomic E-state index is -4.58. The molecular formula is C23H34F4O5S. The van der Waals surface area contributed by atoms with Crippen molar-refractivity contribution in [1.82, 2.24) is 0 Å². The average Bonchev–Trinajstić information content (AvgIpc) is 2.79. The standard InChI is InChI=1S/C23H34F4O5S/c1-30-33-23(26,27)22(24,25)19-14-15(20(28)31-16-8-4-2-5-9-16)12-13-18(19)21(29)32-17-10-6-3-7-11-17/h15-19H,2-14H2,1H3. The highest BCUT2D eigenvalue weighted by Gasteiger charge is 2.66. The summed E-state index contributed by atoms with van der Waals surface area (Å²) in [5.41, 5.74) is 0. The zero-order chi connectivity index (χ0) is 24.1. The van der Waals surface area contributed by atoms with E-state index in [0.717, 1.165) is 58.5 Å². The first-order chi connectivity index (χ1) is 15.7. The molecule has 0 aromatic carbocycles. The van der Waals surface area contributed by atoms with Gasteiger partial charge in [0.25, 0.3) is 0 Å². The van der Waals surface area contributed by atoms with Gasteiger partial charge in [-0.2, -0.15) is 17.6 Å². The second-order valence-electron chi connectivity index (χ2n) is 9.51. The Morgan fingerprint density at radius 1 is 0.758 bits per heavy atom. The van der Waals surface area contributed by atoms with E-state index in [1.165, 1.54) is 0 Å². The molecule has 0 amide bonds. The summed E-state index contributed by atoms with van der Waals surface area (Å²) < 4.78 is 74.4. The first-order valence-electron chi connectivity index (χ1n) is 12.0. The van der Waals surface area contributed by atoms with E-state index in [1.807, 2.05) is 0 Å². The summed E-state index contributed by atoms with van der Waals surface area (Å²) in [6, 6.07) is 0. The summed E-state index contributed by atoms with van der Waals surface area (Å²) in [5.74, 6) is -10.5. The zero-order valence-corrected chi connectivity index (χ0v) is 19.9. The molecule has 3 aliphatic carbocycles. The normalized spacial score (nSPS) is 28.3. The fraction of sp³-hybridized carbons (Fsp3) is 0.913. The van der Waals surface area contributed by atoms with Crippen LogP contribution in [0.4, 0.5) is 17.6 Å². The SMILES string of the molecule is COSC(F)(F)C(F)(F)C1CC(C(=O)OC2CCCCC2)CCC1C(=O)OC1CCCCC1. The number of carbonyl (C=O) groups excluding carboxylic acids is 2. The molecule has 0 heterocycles. The van der Waals surface area contributed by atoms with Crippen molar-refractivity contribution in [1.29, 1.82) is 0 Å². The quantitative estimate of drug-likeness (QED) is 0.223. The lowest BCUT2D eigenvalue weighted by molar-refractivity contribution is -0.217. The van der Waals surface area contributed by atoms with Gasteiger partial charge < -0.3 is 13.7 Å². The number of rotatable bonds is 8. The van der Waals surface area contributed by atoms with Crippen LogP contribution >= 0.6 is 12.0 Å². The average molecular weight is 499 g/mol. The number of hydrogen-bond donors (Lipinski definition) is 0. The molecule has 0 radical (unpaired) electrons. The van der Waals surface area contributed by atoms with E-state index < -0.39 is 59.3 Å². The van der Waals surface area contributed by atoms with Crippen molar-refractivity contribution in [3.63, 3.8) is 0 Å². The van der Waals surface area contributed by atoms with Gasteiger partial charge in [0.05, 0.1) is 31.0 Å². The molecule has 0 aromatic heterocycles. The fourth-order valence-electron chi connectivity index (χ4n) is 5.32. The minimum absolute atomic E-state index is 0.121. The first-order valence-corrected chi connectivity index (χ1v) is 12.8. The van der Waals surface area contributed by atoms with Crippen LogP contribution in [0.25, 0.3) is 0 Å². The molecule has 3 aliphatic rings. The molecule has 10 heteroatoms. The van der Waals surface area contributed by atoms with Crippen LogP contribution in [0.1, 0.15) is 83.5 Å². The van der Waals surface area contributed by atoms with Crippen molar-refractivity contribution in [2.24, 2.45) is 17.8 Å². The van der Waals surface area contributed by atoms with Crippen LogP contribution in [0.3, 0.4) is 0 Å². The third-order valence-electron chi connectivity index (χ3n) is 7.20. The predicted octanol–water partition coefficient (Wildman–Crippen LogP) is 6.29. The molecule has 0 spiro atoms. The van der Waals surface area contributed by atoms with Crippen molar-refractivity contribution < 1.29 is 40.8 Å². The lowest BCUT2D eigenvalue weighted by Gasteiger charge is -2.41. The smallest absolute Gasteiger partial charge is 0.380 e. The van der Waals surface area contributed by atoms with E-state index in [9.17, 15) is 18.4 Å². The number of esters is 2. The Morgan fingerprint density at radius 2 is 1.27 bits per heavy atom. The van der Waals surface area contributed by atoms with Crippen molar-refractivity contribution in [3.05, 3.63) is 0 Å². The van der Waals surface area contributed by atoms with E-state index in [-0.39, 0.29) is 25.0 Å². The summed E-state index contributed by atoms with van der Waals surface area (Å²) in [7, 11) is 0.884. The van der Waals surface area contributed by atoms with Crippen LogP contribution in [-0.2, 0) is 23.2 Å². The molecule has 3 fully saturated rings. The highest BCUT2D eigenvalue weighted by molar-refractivity contribution is 7.95. The molecule has 0 N–H and O–H groups in total. The van der Waals surface area contributed by atoms with Crippen LogP contribution in [0.5, 0.6) is 0 Å². The molecule has 5 nitrogen and oxygen atoms in total. The lowest BCUT2D eigenvalue weighted by atomic mass is 9.71. The second kappa shape index (κ2) is 11.6. The molecule has 190 valence electrons. The third-order valence-corrected chi connectivity index (χ3v) is 7.85. The van der Waals surface area contributed by atoms with Gasteiger partial charge in [-0.05, 0) is 70.6 Å². The maximum atomic E-state index is 15.1.